The van der Waals surface area contributed by atoms with Crippen molar-refractivity contribution in [2.75, 3.05) is 37.4 Å². The summed E-state index contributed by atoms with van der Waals surface area (Å²) in [6, 6.07) is 5.43. The standard InChI is InChI=1S/C24H33N7O3/c1-24(2,3)29-22-21-16(5-10-31(11-12-32)23(21)33)13-19(28-22)27-18-14-20(26-15-25-18)34-17-6-8-30(4)9-7-17/h5,10,13-15,17,32H,6-9,11-12H2,1-4H3,(H2,25,26,27,28,29). The van der Waals surface area contributed by atoms with Crippen LogP contribution in [0.1, 0.15) is 33.6 Å². The third-order valence-electron chi connectivity index (χ3n) is 5.64. The van der Waals surface area contributed by atoms with Crippen LogP contribution in [0.3, 0.4) is 0 Å². The van der Waals surface area contributed by atoms with E-state index in [-0.39, 0.29) is 30.4 Å². The molecule has 0 bridgehead atoms. The molecule has 0 aliphatic carbocycles. The fourth-order valence-corrected chi connectivity index (χ4v) is 3.97. The molecule has 1 fully saturated rings. The molecule has 4 heterocycles. The molecule has 1 saturated heterocycles. The van der Waals surface area contributed by atoms with E-state index in [4.69, 9.17) is 9.72 Å². The zero-order valence-electron chi connectivity index (χ0n) is 20.2. The second-order valence-electron chi connectivity index (χ2n) is 9.72. The van der Waals surface area contributed by atoms with Gasteiger partial charge >= 0.3 is 0 Å². The van der Waals surface area contributed by atoms with Crippen molar-refractivity contribution < 1.29 is 9.84 Å². The quantitative estimate of drug-likeness (QED) is 0.482. The molecule has 10 heteroatoms. The Hall–Kier alpha value is -3.24. The number of nitrogens with zero attached hydrogens (tertiary/aromatic N) is 5. The topological polar surface area (TPSA) is 117 Å². The van der Waals surface area contributed by atoms with Crippen molar-refractivity contribution in [2.24, 2.45) is 0 Å². The minimum atomic E-state index is -0.313. The lowest BCUT2D eigenvalue weighted by molar-refractivity contribution is 0.110. The van der Waals surface area contributed by atoms with E-state index in [1.54, 1.807) is 12.3 Å². The first-order chi connectivity index (χ1) is 16.2. The third-order valence-corrected chi connectivity index (χ3v) is 5.64. The van der Waals surface area contributed by atoms with Gasteiger partial charge in [0.05, 0.1) is 12.0 Å². The summed E-state index contributed by atoms with van der Waals surface area (Å²) >= 11 is 0. The van der Waals surface area contributed by atoms with E-state index in [1.807, 2.05) is 32.9 Å². The SMILES string of the molecule is CN1CCC(Oc2cc(Nc3cc4ccn(CCO)c(=O)c4c(NC(C)(C)C)n3)ncn2)CC1. The van der Waals surface area contributed by atoms with E-state index in [9.17, 15) is 9.90 Å². The smallest absolute Gasteiger partial charge is 0.262 e. The number of aromatic nitrogens is 4. The predicted molar refractivity (Wildman–Crippen MR) is 133 cm³/mol. The number of likely N-dealkylation sites (tertiary alicyclic amines) is 1. The van der Waals surface area contributed by atoms with E-state index in [2.05, 4.69) is 32.5 Å². The van der Waals surface area contributed by atoms with E-state index in [1.165, 1.54) is 10.9 Å². The number of piperidine rings is 1. The van der Waals surface area contributed by atoms with Crippen LogP contribution in [0.2, 0.25) is 0 Å². The first-order valence-corrected chi connectivity index (χ1v) is 11.6. The molecule has 0 unspecified atom stereocenters. The molecule has 1 aliphatic heterocycles. The average Bonchev–Trinajstić information content (AvgIpc) is 2.76. The highest BCUT2D eigenvalue weighted by atomic mass is 16.5. The molecule has 34 heavy (non-hydrogen) atoms. The monoisotopic (exact) mass is 467 g/mol. The predicted octanol–water partition coefficient (Wildman–Crippen LogP) is 2.61. The van der Waals surface area contributed by atoms with Gasteiger partial charge in [-0.15, -0.1) is 0 Å². The number of ether oxygens (including phenoxy) is 1. The first-order valence-electron chi connectivity index (χ1n) is 11.6. The molecule has 4 rings (SSSR count). The minimum Gasteiger partial charge on any atom is -0.474 e. The van der Waals surface area contributed by atoms with Crippen LogP contribution in [0.5, 0.6) is 5.88 Å². The molecule has 3 N–H and O–H groups in total. The normalized spacial score (nSPS) is 15.4. The fourth-order valence-electron chi connectivity index (χ4n) is 3.97. The molecule has 3 aromatic rings. The molecule has 0 atom stereocenters. The fraction of sp³-hybridized carbons (Fsp3) is 0.500. The average molecular weight is 468 g/mol. The van der Waals surface area contributed by atoms with Crippen LogP contribution in [0.4, 0.5) is 17.5 Å². The number of pyridine rings is 2. The first kappa shape index (κ1) is 23.9. The van der Waals surface area contributed by atoms with Crippen molar-refractivity contribution in [3.63, 3.8) is 0 Å². The Morgan fingerprint density at radius 2 is 1.94 bits per heavy atom. The Kier molecular flexibility index (Phi) is 6.99. The van der Waals surface area contributed by atoms with Crippen LogP contribution in [-0.4, -0.2) is 67.9 Å². The maximum absolute atomic E-state index is 13.1. The third kappa shape index (κ3) is 5.81. The van der Waals surface area contributed by atoms with Crippen LogP contribution < -0.4 is 20.9 Å². The summed E-state index contributed by atoms with van der Waals surface area (Å²) < 4.78 is 7.57. The summed E-state index contributed by atoms with van der Waals surface area (Å²) in [5, 5.41) is 17.1. The Morgan fingerprint density at radius 3 is 2.65 bits per heavy atom. The van der Waals surface area contributed by atoms with E-state index < -0.39 is 0 Å². The lowest BCUT2D eigenvalue weighted by Crippen LogP contribution is -2.35. The summed E-state index contributed by atoms with van der Waals surface area (Å²) in [4.78, 5) is 28.6. The molecule has 0 spiro atoms. The van der Waals surface area contributed by atoms with Crippen molar-refractivity contribution in [2.45, 2.75) is 51.8 Å². The Morgan fingerprint density at radius 1 is 1.18 bits per heavy atom. The van der Waals surface area contributed by atoms with Crippen LogP contribution in [-0.2, 0) is 6.54 Å². The zero-order chi connectivity index (χ0) is 24.3. The highest BCUT2D eigenvalue weighted by Gasteiger charge is 2.20. The molecule has 10 nitrogen and oxygen atoms in total. The van der Waals surface area contributed by atoms with Gasteiger partial charge in [0.25, 0.3) is 5.56 Å². The van der Waals surface area contributed by atoms with Crippen molar-refractivity contribution in [1.82, 2.24) is 24.4 Å². The number of fused-ring (bicyclic) bond motifs is 1. The lowest BCUT2D eigenvalue weighted by atomic mass is 10.1. The molecule has 0 amide bonds. The van der Waals surface area contributed by atoms with Crippen LogP contribution in [0, 0.1) is 0 Å². The summed E-state index contributed by atoms with van der Waals surface area (Å²) in [5.74, 6) is 2.09. The molecule has 0 radical (unpaired) electrons. The van der Waals surface area contributed by atoms with Crippen LogP contribution in [0.15, 0.2) is 35.5 Å². The molecule has 182 valence electrons. The van der Waals surface area contributed by atoms with Gasteiger partial charge in [-0.05, 0) is 58.2 Å². The second kappa shape index (κ2) is 9.94. The van der Waals surface area contributed by atoms with Crippen molar-refractivity contribution >= 4 is 28.2 Å². The van der Waals surface area contributed by atoms with Crippen LogP contribution in [0.25, 0.3) is 10.8 Å². The molecule has 1 aliphatic rings. The van der Waals surface area contributed by atoms with Gasteiger partial charge in [0.15, 0.2) is 0 Å². The van der Waals surface area contributed by atoms with Gasteiger partial charge in [0, 0.05) is 37.4 Å². The summed E-state index contributed by atoms with van der Waals surface area (Å²) in [7, 11) is 2.12. The number of anilines is 3. The molecular weight excluding hydrogens is 434 g/mol. The Labute approximate surface area is 199 Å². The number of hydrogen-bond acceptors (Lipinski definition) is 9. The van der Waals surface area contributed by atoms with E-state index in [0.717, 1.165) is 31.3 Å². The molecular formula is C24H33N7O3. The highest BCUT2D eigenvalue weighted by molar-refractivity contribution is 5.93. The van der Waals surface area contributed by atoms with Gasteiger partial charge in [-0.25, -0.2) is 15.0 Å². The minimum absolute atomic E-state index is 0.115. The number of hydrogen-bond donors (Lipinski definition) is 3. The molecule has 0 aromatic carbocycles. The number of aliphatic hydroxyl groups is 1. The van der Waals surface area contributed by atoms with Crippen LogP contribution >= 0.6 is 0 Å². The lowest BCUT2D eigenvalue weighted by Gasteiger charge is -2.28. The van der Waals surface area contributed by atoms with Gasteiger partial charge in [-0.2, -0.15) is 0 Å². The summed E-state index contributed by atoms with van der Waals surface area (Å²) in [5.41, 5.74) is -0.514. The van der Waals surface area contributed by atoms with E-state index in [0.29, 0.717) is 28.7 Å². The highest BCUT2D eigenvalue weighted by Crippen LogP contribution is 2.27. The second-order valence-corrected chi connectivity index (χ2v) is 9.72. The Bertz CT molecular complexity index is 1200. The number of nitrogens with one attached hydrogen (secondary N) is 2. The van der Waals surface area contributed by atoms with Crippen molar-refractivity contribution in [3.05, 3.63) is 41.1 Å². The van der Waals surface area contributed by atoms with Crippen molar-refractivity contribution in [3.8, 4) is 5.88 Å². The molecule has 3 aromatic heterocycles. The summed E-state index contributed by atoms with van der Waals surface area (Å²) in [6.07, 6.45) is 5.22. The Balaban J connectivity index is 1.63. The number of rotatable bonds is 7. The van der Waals surface area contributed by atoms with Gasteiger partial charge in [0.2, 0.25) is 5.88 Å². The van der Waals surface area contributed by atoms with Gasteiger partial charge in [0.1, 0.15) is 29.9 Å². The van der Waals surface area contributed by atoms with Gasteiger partial charge < -0.3 is 29.9 Å². The number of aliphatic hydroxyl groups excluding tert-OH is 1. The zero-order valence-corrected chi connectivity index (χ0v) is 20.2. The van der Waals surface area contributed by atoms with E-state index >= 15 is 0 Å². The molecule has 0 saturated carbocycles. The summed E-state index contributed by atoms with van der Waals surface area (Å²) in [6.45, 7) is 8.14. The van der Waals surface area contributed by atoms with Crippen molar-refractivity contribution in [1.29, 1.82) is 0 Å². The van der Waals surface area contributed by atoms with Gasteiger partial charge in [-0.3, -0.25) is 4.79 Å². The maximum Gasteiger partial charge on any atom is 0.262 e. The largest absolute Gasteiger partial charge is 0.474 e. The van der Waals surface area contributed by atoms with Gasteiger partial charge in [-0.1, -0.05) is 0 Å². The maximum atomic E-state index is 13.1.